The fraction of sp³-hybridized carbons (Fsp3) is 0.600. The van der Waals surface area contributed by atoms with Crippen molar-refractivity contribution in [1.29, 1.82) is 0 Å². The third kappa shape index (κ3) is 2.69. The molecule has 20 heavy (non-hydrogen) atoms. The average molecular weight is 294 g/mol. The van der Waals surface area contributed by atoms with Crippen molar-refractivity contribution in [3.05, 3.63) is 23.8 Å². The summed E-state index contributed by atoms with van der Waals surface area (Å²) in [4.78, 5) is 0.424. The number of nitrogens with one attached hydrogen (secondary N) is 1. The van der Waals surface area contributed by atoms with Crippen molar-refractivity contribution in [3.63, 3.8) is 0 Å². The molecule has 1 N–H and O–H groups in total. The van der Waals surface area contributed by atoms with E-state index in [1.54, 1.807) is 16.4 Å². The van der Waals surface area contributed by atoms with Crippen LogP contribution in [0.5, 0.6) is 0 Å². The number of sulfonamides is 1. The zero-order valence-electron chi connectivity index (χ0n) is 11.9. The van der Waals surface area contributed by atoms with Gasteiger partial charge in [0, 0.05) is 25.3 Å². The van der Waals surface area contributed by atoms with Crippen LogP contribution in [0.4, 0.5) is 5.69 Å². The predicted octanol–water partition coefficient (Wildman–Crippen LogP) is 2.47. The lowest BCUT2D eigenvalue weighted by molar-refractivity contribution is 0.412. The molecule has 1 fully saturated rings. The summed E-state index contributed by atoms with van der Waals surface area (Å²) in [5.41, 5.74) is 2.21. The fourth-order valence-electron chi connectivity index (χ4n) is 2.74. The lowest BCUT2D eigenvalue weighted by atomic mass is 10.0. The van der Waals surface area contributed by atoms with Gasteiger partial charge in [0.05, 0.1) is 4.90 Å². The molecule has 1 heterocycles. The molecule has 1 aliphatic heterocycles. The minimum absolute atomic E-state index is 0.424. The van der Waals surface area contributed by atoms with E-state index in [4.69, 9.17) is 0 Å². The van der Waals surface area contributed by atoms with Gasteiger partial charge in [-0.25, -0.2) is 8.42 Å². The molecule has 1 saturated carbocycles. The Balaban J connectivity index is 1.89. The van der Waals surface area contributed by atoms with Crippen LogP contribution in [-0.2, 0) is 16.4 Å². The highest BCUT2D eigenvalue weighted by Gasteiger charge is 2.31. The van der Waals surface area contributed by atoms with E-state index in [2.05, 4.69) is 5.32 Å². The first-order valence-corrected chi connectivity index (χ1v) is 8.92. The maximum Gasteiger partial charge on any atom is 0.243 e. The van der Waals surface area contributed by atoms with Gasteiger partial charge in [0.15, 0.2) is 0 Å². The van der Waals surface area contributed by atoms with Crippen molar-refractivity contribution in [2.45, 2.75) is 37.5 Å². The Morgan fingerprint density at radius 2 is 2.15 bits per heavy atom. The first kappa shape index (κ1) is 13.9. The molecule has 0 spiro atoms. The van der Waals surface area contributed by atoms with Crippen molar-refractivity contribution in [2.75, 3.05) is 25.0 Å². The minimum Gasteiger partial charge on any atom is -0.385 e. The summed E-state index contributed by atoms with van der Waals surface area (Å²) < 4.78 is 27.0. The smallest absolute Gasteiger partial charge is 0.243 e. The molecule has 5 heteroatoms. The van der Waals surface area contributed by atoms with Crippen molar-refractivity contribution >= 4 is 15.7 Å². The molecule has 0 bridgehead atoms. The summed E-state index contributed by atoms with van der Waals surface area (Å²) in [7, 11) is -3.35. The minimum atomic E-state index is -3.35. The maximum absolute atomic E-state index is 12.7. The van der Waals surface area contributed by atoms with Gasteiger partial charge in [0.2, 0.25) is 10.0 Å². The van der Waals surface area contributed by atoms with Crippen LogP contribution in [0.3, 0.4) is 0 Å². The maximum atomic E-state index is 12.7. The third-order valence-corrected chi connectivity index (χ3v) is 6.11. The van der Waals surface area contributed by atoms with Gasteiger partial charge in [-0.3, -0.25) is 0 Å². The Kier molecular flexibility index (Phi) is 3.73. The average Bonchev–Trinajstić information content (AvgIpc) is 3.28. The molecule has 110 valence electrons. The zero-order valence-corrected chi connectivity index (χ0v) is 12.7. The molecular formula is C15H22N2O2S. The van der Waals surface area contributed by atoms with E-state index in [0.29, 0.717) is 23.9 Å². The first-order chi connectivity index (χ1) is 9.61. The molecule has 3 rings (SSSR count). The molecular weight excluding hydrogens is 272 g/mol. The van der Waals surface area contributed by atoms with Crippen molar-refractivity contribution in [1.82, 2.24) is 4.31 Å². The summed E-state index contributed by atoms with van der Waals surface area (Å²) >= 11 is 0. The zero-order chi connectivity index (χ0) is 14.2. The Labute approximate surface area is 121 Å². The molecule has 0 atom stereocenters. The lowest BCUT2D eigenvalue weighted by Crippen LogP contribution is -2.33. The van der Waals surface area contributed by atoms with E-state index in [-0.39, 0.29) is 0 Å². The van der Waals surface area contributed by atoms with Gasteiger partial charge in [0.25, 0.3) is 0 Å². The predicted molar refractivity (Wildman–Crippen MR) is 80.4 cm³/mol. The monoisotopic (exact) mass is 294 g/mol. The molecule has 4 nitrogen and oxygen atoms in total. The highest BCUT2D eigenvalue weighted by molar-refractivity contribution is 7.89. The molecule has 0 saturated heterocycles. The molecule has 0 amide bonds. The first-order valence-electron chi connectivity index (χ1n) is 7.48. The number of hydrogen-bond donors (Lipinski definition) is 1. The number of aryl methyl sites for hydroxylation is 1. The van der Waals surface area contributed by atoms with Gasteiger partial charge in [-0.2, -0.15) is 4.31 Å². The van der Waals surface area contributed by atoms with Crippen LogP contribution in [0.15, 0.2) is 23.1 Å². The Bertz CT molecular complexity index is 594. The molecule has 1 aromatic carbocycles. The second kappa shape index (κ2) is 5.37. The van der Waals surface area contributed by atoms with Gasteiger partial charge in [-0.05, 0) is 49.3 Å². The van der Waals surface area contributed by atoms with Crippen molar-refractivity contribution in [2.24, 2.45) is 5.92 Å². The molecule has 1 aromatic rings. The van der Waals surface area contributed by atoms with Crippen LogP contribution in [0.1, 0.15) is 31.7 Å². The largest absolute Gasteiger partial charge is 0.385 e. The summed E-state index contributed by atoms with van der Waals surface area (Å²) in [6.07, 6.45) is 4.47. The normalized spacial score (nSPS) is 18.7. The van der Waals surface area contributed by atoms with Gasteiger partial charge >= 0.3 is 0 Å². The topological polar surface area (TPSA) is 49.4 Å². The van der Waals surface area contributed by atoms with E-state index in [1.165, 1.54) is 5.56 Å². The van der Waals surface area contributed by atoms with Crippen LogP contribution in [0, 0.1) is 5.92 Å². The number of rotatable bonds is 5. The summed E-state index contributed by atoms with van der Waals surface area (Å²) in [5, 5.41) is 3.30. The Morgan fingerprint density at radius 3 is 2.85 bits per heavy atom. The second-order valence-corrected chi connectivity index (χ2v) is 7.69. The van der Waals surface area contributed by atoms with E-state index in [1.807, 2.05) is 13.0 Å². The van der Waals surface area contributed by atoms with E-state index >= 15 is 0 Å². The number of anilines is 1. The summed E-state index contributed by atoms with van der Waals surface area (Å²) in [6, 6.07) is 5.52. The number of fused-ring (bicyclic) bond motifs is 1. The quantitative estimate of drug-likeness (QED) is 0.907. The summed E-state index contributed by atoms with van der Waals surface area (Å²) in [6.45, 7) is 4.05. The highest BCUT2D eigenvalue weighted by Crippen LogP contribution is 2.32. The number of nitrogens with zero attached hydrogens (tertiary/aromatic N) is 1. The third-order valence-electron chi connectivity index (χ3n) is 4.17. The second-order valence-electron chi connectivity index (χ2n) is 5.75. The molecule has 0 radical (unpaired) electrons. The number of hydrogen-bond acceptors (Lipinski definition) is 3. The summed E-state index contributed by atoms with van der Waals surface area (Å²) in [5.74, 6) is 0.570. The fourth-order valence-corrected chi connectivity index (χ4v) is 4.29. The Morgan fingerprint density at radius 1 is 1.35 bits per heavy atom. The van der Waals surface area contributed by atoms with E-state index < -0.39 is 10.0 Å². The standard InChI is InChI=1S/C15H22N2O2S/c1-2-17(11-12-5-6-12)20(18,19)14-8-7-13-4-3-9-16-15(13)10-14/h7-8,10,12,16H,2-6,9,11H2,1H3. The van der Waals surface area contributed by atoms with Crippen LogP contribution in [0.25, 0.3) is 0 Å². The van der Waals surface area contributed by atoms with Crippen LogP contribution < -0.4 is 5.32 Å². The van der Waals surface area contributed by atoms with Gasteiger partial charge in [-0.1, -0.05) is 13.0 Å². The van der Waals surface area contributed by atoms with Gasteiger partial charge < -0.3 is 5.32 Å². The van der Waals surface area contributed by atoms with Crippen molar-refractivity contribution < 1.29 is 8.42 Å². The molecule has 1 aliphatic carbocycles. The van der Waals surface area contributed by atoms with Gasteiger partial charge in [0.1, 0.15) is 0 Å². The van der Waals surface area contributed by atoms with Crippen LogP contribution in [0.2, 0.25) is 0 Å². The van der Waals surface area contributed by atoms with Crippen molar-refractivity contribution in [3.8, 4) is 0 Å². The lowest BCUT2D eigenvalue weighted by Gasteiger charge is -2.23. The Hall–Kier alpha value is -1.07. The highest BCUT2D eigenvalue weighted by atomic mass is 32.2. The SMILES string of the molecule is CCN(CC1CC1)S(=O)(=O)c1ccc2c(c1)NCCC2. The number of benzene rings is 1. The van der Waals surface area contributed by atoms with E-state index in [9.17, 15) is 8.42 Å². The van der Waals surface area contributed by atoms with E-state index in [0.717, 1.165) is 37.9 Å². The van der Waals surface area contributed by atoms with Gasteiger partial charge in [-0.15, -0.1) is 0 Å². The molecule has 0 unspecified atom stereocenters. The van der Waals surface area contributed by atoms with Crippen LogP contribution in [-0.4, -0.2) is 32.4 Å². The van der Waals surface area contributed by atoms with Crippen LogP contribution >= 0.6 is 0 Å². The molecule has 0 aromatic heterocycles. The molecule has 2 aliphatic rings.